The number of carboxylic acid groups (broad SMARTS) is 1. The number of benzene rings is 1. The second kappa shape index (κ2) is 5.87. The van der Waals surface area contributed by atoms with Crippen molar-refractivity contribution >= 4 is 5.97 Å². The van der Waals surface area contributed by atoms with E-state index in [9.17, 15) is 9.90 Å². The topological polar surface area (TPSA) is 72.6 Å². The number of carbonyl (C=O) groups is 1. The van der Waals surface area contributed by atoms with Crippen molar-refractivity contribution < 1.29 is 14.6 Å². The lowest BCUT2D eigenvalue weighted by atomic mass is 9.94. The molecule has 18 heavy (non-hydrogen) atoms. The highest BCUT2D eigenvalue weighted by molar-refractivity contribution is 5.78. The molecule has 0 radical (unpaired) electrons. The van der Waals surface area contributed by atoms with Crippen molar-refractivity contribution in [1.82, 2.24) is 0 Å². The molecule has 0 aromatic heterocycles. The first-order valence-electron chi connectivity index (χ1n) is 6.08. The summed E-state index contributed by atoms with van der Waals surface area (Å²) in [6.07, 6.45) is -0.00327. The fourth-order valence-electron chi connectivity index (χ4n) is 1.84. The van der Waals surface area contributed by atoms with Gasteiger partial charge in [-0.2, -0.15) is 0 Å². The number of hydrogen-bond donors (Lipinski definition) is 2. The molecular formula is C14H21NO3. The summed E-state index contributed by atoms with van der Waals surface area (Å²) in [6, 6.07) is 3.70. The summed E-state index contributed by atoms with van der Waals surface area (Å²) in [5.74, 6) is -0.991. The Hall–Kier alpha value is -1.55. The van der Waals surface area contributed by atoms with E-state index in [0.717, 1.165) is 11.1 Å². The highest BCUT2D eigenvalue weighted by atomic mass is 16.5. The predicted octanol–water partition coefficient (Wildman–Crippen LogP) is 2.22. The van der Waals surface area contributed by atoms with Crippen LogP contribution in [0.2, 0.25) is 0 Å². The Morgan fingerprint density at radius 1 is 1.39 bits per heavy atom. The first-order chi connectivity index (χ1) is 8.38. The molecule has 100 valence electrons. The molecule has 1 aromatic rings. The summed E-state index contributed by atoms with van der Waals surface area (Å²) in [5.41, 5.74) is 8.26. The average molecular weight is 251 g/mol. The Morgan fingerprint density at radius 3 is 2.44 bits per heavy atom. The van der Waals surface area contributed by atoms with Crippen molar-refractivity contribution in [2.75, 3.05) is 6.54 Å². The van der Waals surface area contributed by atoms with Crippen molar-refractivity contribution in [3.63, 3.8) is 0 Å². The summed E-state index contributed by atoms with van der Waals surface area (Å²) in [5, 5.41) is 9.21. The second-order valence-corrected chi connectivity index (χ2v) is 4.72. The number of aryl methyl sites for hydroxylation is 1. The summed E-state index contributed by atoms with van der Waals surface area (Å²) in [4.78, 5) is 11.2. The SMILES string of the molecule is Cc1ccc(C(CN)C(=O)O)c(OC(C)C)c1C. The molecule has 0 heterocycles. The van der Waals surface area contributed by atoms with Crippen LogP contribution >= 0.6 is 0 Å². The van der Waals surface area contributed by atoms with Crippen LogP contribution in [0.4, 0.5) is 0 Å². The third kappa shape index (κ3) is 3.01. The molecule has 4 heteroatoms. The largest absolute Gasteiger partial charge is 0.490 e. The molecule has 0 spiro atoms. The molecule has 1 rings (SSSR count). The predicted molar refractivity (Wildman–Crippen MR) is 71.1 cm³/mol. The van der Waals surface area contributed by atoms with Crippen LogP contribution < -0.4 is 10.5 Å². The minimum Gasteiger partial charge on any atom is -0.490 e. The van der Waals surface area contributed by atoms with Crippen molar-refractivity contribution in [2.45, 2.75) is 39.7 Å². The molecule has 0 bridgehead atoms. The Bertz CT molecular complexity index is 441. The molecule has 0 aliphatic carbocycles. The van der Waals surface area contributed by atoms with Crippen LogP contribution in [-0.2, 0) is 4.79 Å². The Balaban J connectivity index is 3.33. The van der Waals surface area contributed by atoms with Crippen LogP contribution in [-0.4, -0.2) is 23.7 Å². The molecule has 1 unspecified atom stereocenters. The van der Waals surface area contributed by atoms with Crippen LogP contribution in [0.15, 0.2) is 12.1 Å². The summed E-state index contributed by atoms with van der Waals surface area (Å²) < 4.78 is 5.77. The number of ether oxygens (including phenoxy) is 1. The number of carboxylic acids is 1. The standard InChI is InChI=1S/C14H21NO3/c1-8(2)18-13-10(4)9(3)5-6-11(13)12(7-15)14(16)17/h5-6,8,12H,7,15H2,1-4H3,(H,16,17). The molecule has 0 amide bonds. The van der Waals surface area contributed by atoms with E-state index in [1.54, 1.807) is 6.07 Å². The van der Waals surface area contributed by atoms with E-state index in [-0.39, 0.29) is 12.6 Å². The number of nitrogens with two attached hydrogens (primary N) is 1. The van der Waals surface area contributed by atoms with E-state index in [1.807, 2.05) is 33.8 Å². The Morgan fingerprint density at radius 2 is 2.00 bits per heavy atom. The zero-order valence-electron chi connectivity index (χ0n) is 11.4. The van der Waals surface area contributed by atoms with Crippen LogP contribution in [0.5, 0.6) is 5.75 Å². The molecule has 0 aliphatic rings. The molecule has 1 aromatic carbocycles. The maximum absolute atomic E-state index is 11.2. The minimum atomic E-state index is -0.922. The lowest BCUT2D eigenvalue weighted by Gasteiger charge is -2.21. The van der Waals surface area contributed by atoms with Gasteiger partial charge in [-0.05, 0) is 38.8 Å². The van der Waals surface area contributed by atoms with Gasteiger partial charge in [-0.15, -0.1) is 0 Å². The normalized spacial score (nSPS) is 12.6. The summed E-state index contributed by atoms with van der Waals surface area (Å²) in [6.45, 7) is 7.82. The van der Waals surface area contributed by atoms with Crippen molar-refractivity contribution in [1.29, 1.82) is 0 Å². The van der Waals surface area contributed by atoms with Crippen molar-refractivity contribution in [3.8, 4) is 5.75 Å². The molecule has 0 saturated heterocycles. The molecule has 0 saturated carbocycles. The number of rotatable bonds is 5. The van der Waals surface area contributed by atoms with Gasteiger partial charge in [0.2, 0.25) is 0 Å². The summed E-state index contributed by atoms with van der Waals surface area (Å²) in [7, 11) is 0. The second-order valence-electron chi connectivity index (χ2n) is 4.72. The van der Waals surface area contributed by atoms with E-state index in [2.05, 4.69) is 0 Å². The fourth-order valence-corrected chi connectivity index (χ4v) is 1.84. The maximum atomic E-state index is 11.2. The lowest BCUT2D eigenvalue weighted by molar-refractivity contribution is -0.138. The molecule has 3 N–H and O–H groups in total. The highest BCUT2D eigenvalue weighted by Gasteiger charge is 2.24. The first-order valence-corrected chi connectivity index (χ1v) is 6.08. The third-order valence-corrected chi connectivity index (χ3v) is 2.97. The Kier molecular flexibility index (Phi) is 4.73. The van der Waals surface area contributed by atoms with Gasteiger partial charge in [0.25, 0.3) is 0 Å². The molecule has 4 nitrogen and oxygen atoms in total. The van der Waals surface area contributed by atoms with Crippen molar-refractivity contribution in [3.05, 3.63) is 28.8 Å². The fraction of sp³-hybridized carbons (Fsp3) is 0.500. The van der Waals surface area contributed by atoms with Crippen LogP contribution in [0.25, 0.3) is 0 Å². The van der Waals surface area contributed by atoms with Gasteiger partial charge in [0.1, 0.15) is 5.75 Å². The van der Waals surface area contributed by atoms with Gasteiger partial charge in [-0.25, -0.2) is 0 Å². The van der Waals surface area contributed by atoms with E-state index in [4.69, 9.17) is 10.5 Å². The van der Waals surface area contributed by atoms with E-state index >= 15 is 0 Å². The van der Waals surface area contributed by atoms with Gasteiger partial charge >= 0.3 is 5.97 Å². The minimum absolute atomic E-state index is 0.00327. The molecule has 0 fully saturated rings. The van der Waals surface area contributed by atoms with E-state index in [1.165, 1.54) is 0 Å². The van der Waals surface area contributed by atoms with Gasteiger partial charge < -0.3 is 15.6 Å². The van der Waals surface area contributed by atoms with Crippen molar-refractivity contribution in [2.24, 2.45) is 5.73 Å². The zero-order valence-corrected chi connectivity index (χ0v) is 11.4. The molecule has 0 aliphatic heterocycles. The van der Waals surface area contributed by atoms with E-state index < -0.39 is 11.9 Å². The van der Waals surface area contributed by atoms with Crippen LogP contribution in [0, 0.1) is 13.8 Å². The first kappa shape index (κ1) is 14.5. The van der Waals surface area contributed by atoms with Crippen LogP contribution in [0.1, 0.15) is 36.5 Å². The molecular weight excluding hydrogens is 230 g/mol. The monoisotopic (exact) mass is 251 g/mol. The highest BCUT2D eigenvalue weighted by Crippen LogP contribution is 2.32. The van der Waals surface area contributed by atoms with Gasteiger partial charge in [0.05, 0.1) is 12.0 Å². The zero-order chi connectivity index (χ0) is 13.9. The molecule has 1 atom stereocenters. The third-order valence-electron chi connectivity index (χ3n) is 2.97. The number of hydrogen-bond acceptors (Lipinski definition) is 3. The number of aliphatic carboxylic acids is 1. The lowest BCUT2D eigenvalue weighted by Crippen LogP contribution is -2.23. The summed E-state index contributed by atoms with van der Waals surface area (Å²) >= 11 is 0. The van der Waals surface area contributed by atoms with Gasteiger partial charge in [-0.3, -0.25) is 4.79 Å². The van der Waals surface area contributed by atoms with Gasteiger partial charge in [-0.1, -0.05) is 12.1 Å². The smallest absolute Gasteiger partial charge is 0.312 e. The quantitative estimate of drug-likeness (QED) is 0.841. The maximum Gasteiger partial charge on any atom is 0.312 e. The average Bonchev–Trinajstić information content (AvgIpc) is 2.27. The van der Waals surface area contributed by atoms with Crippen LogP contribution in [0.3, 0.4) is 0 Å². The van der Waals surface area contributed by atoms with E-state index in [0.29, 0.717) is 11.3 Å². The van der Waals surface area contributed by atoms with Gasteiger partial charge in [0, 0.05) is 12.1 Å². The Labute approximate surface area is 108 Å². The van der Waals surface area contributed by atoms with Gasteiger partial charge in [0.15, 0.2) is 0 Å².